The van der Waals surface area contributed by atoms with Crippen molar-refractivity contribution in [2.45, 2.75) is 25.3 Å². The van der Waals surface area contributed by atoms with Crippen LogP contribution in [0.25, 0.3) is 0 Å². The molecular weight excluding hydrogens is 190 g/mol. The highest BCUT2D eigenvalue weighted by Gasteiger charge is 2.38. The number of hydrogen-bond acceptors (Lipinski definition) is 2. The van der Waals surface area contributed by atoms with Gasteiger partial charge in [0.1, 0.15) is 5.75 Å². The van der Waals surface area contributed by atoms with Crippen LogP contribution in [0.1, 0.15) is 24.8 Å². The standard InChI is InChI=1S/C12H15NO2/c1-8(14)13-12-7-11(12)9-4-3-5-10(6-9)15-2/h3-6,11-12H,7H2,1-2H3,(H,13,14)/t11-,12+/m0/s1. The summed E-state index contributed by atoms with van der Waals surface area (Å²) >= 11 is 0. The van der Waals surface area contributed by atoms with E-state index in [2.05, 4.69) is 11.4 Å². The van der Waals surface area contributed by atoms with Crippen molar-refractivity contribution in [2.75, 3.05) is 7.11 Å². The summed E-state index contributed by atoms with van der Waals surface area (Å²) in [6, 6.07) is 8.34. The number of nitrogens with one attached hydrogen (secondary N) is 1. The van der Waals surface area contributed by atoms with Gasteiger partial charge in [-0.05, 0) is 24.1 Å². The van der Waals surface area contributed by atoms with Crippen LogP contribution >= 0.6 is 0 Å². The van der Waals surface area contributed by atoms with Gasteiger partial charge in [-0.15, -0.1) is 0 Å². The number of carbonyl (C=O) groups is 1. The lowest BCUT2D eigenvalue weighted by atomic mass is 10.1. The molecule has 1 aliphatic rings. The Kier molecular flexibility index (Phi) is 2.62. The summed E-state index contributed by atoms with van der Waals surface area (Å²) in [5, 5.41) is 2.92. The minimum atomic E-state index is 0.0467. The van der Waals surface area contributed by atoms with Crippen molar-refractivity contribution in [1.29, 1.82) is 0 Å². The molecule has 0 spiro atoms. The number of benzene rings is 1. The monoisotopic (exact) mass is 205 g/mol. The van der Waals surface area contributed by atoms with Crippen molar-refractivity contribution in [2.24, 2.45) is 0 Å². The van der Waals surface area contributed by atoms with Gasteiger partial charge in [0.25, 0.3) is 0 Å². The molecule has 3 nitrogen and oxygen atoms in total. The van der Waals surface area contributed by atoms with Crippen LogP contribution in [-0.2, 0) is 4.79 Å². The lowest BCUT2D eigenvalue weighted by Gasteiger charge is -2.04. The molecule has 1 fully saturated rings. The third-order valence-corrected chi connectivity index (χ3v) is 2.70. The SMILES string of the molecule is COc1cccc([C@@H]2C[C@H]2NC(C)=O)c1. The molecule has 0 heterocycles. The van der Waals surface area contributed by atoms with E-state index in [1.165, 1.54) is 5.56 Å². The smallest absolute Gasteiger partial charge is 0.217 e. The maximum atomic E-state index is 10.9. The molecule has 1 saturated carbocycles. The predicted molar refractivity (Wildman–Crippen MR) is 58.0 cm³/mol. The van der Waals surface area contributed by atoms with Crippen LogP contribution in [0.15, 0.2) is 24.3 Å². The van der Waals surface area contributed by atoms with Crippen LogP contribution in [0.2, 0.25) is 0 Å². The number of carbonyl (C=O) groups excluding carboxylic acids is 1. The molecule has 1 aromatic carbocycles. The van der Waals surface area contributed by atoms with Crippen molar-refractivity contribution in [1.82, 2.24) is 5.32 Å². The molecule has 2 atom stereocenters. The average molecular weight is 205 g/mol. The van der Waals surface area contributed by atoms with Crippen LogP contribution in [-0.4, -0.2) is 19.1 Å². The van der Waals surface area contributed by atoms with Gasteiger partial charge < -0.3 is 10.1 Å². The second-order valence-electron chi connectivity index (χ2n) is 3.93. The highest BCUT2D eigenvalue weighted by molar-refractivity contribution is 5.74. The largest absolute Gasteiger partial charge is 0.497 e. The summed E-state index contributed by atoms with van der Waals surface area (Å²) in [6.07, 6.45) is 1.03. The Morgan fingerprint density at radius 2 is 2.33 bits per heavy atom. The fourth-order valence-electron chi connectivity index (χ4n) is 1.86. The summed E-state index contributed by atoms with van der Waals surface area (Å²) in [4.78, 5) is 10.9. The van der Waals surface area contributed by atoms with Gasteiger partial charge >= 0.3 is 0 Å². The van der Waals surface area contributed by atoms with Crippen molar-refractivity contribution < 1.29 is 9.53 Å². The van der Waals surface area contributed by atoms with Crippen molar-refractivity contribution >= 4 is 5.91 Å². The quantitative estimate of drug-likeness (QED) is 0.815. The zero-order valence-electron chi connectivity index (χ0n) is 8.99. The van der Waals surface area contributed by atoms with E-state index in [-0.39, 0.29) is 5.91 Å². The molecule has 0 aromatic heterocycles. The van der Waals surface area contributed by atoms with Gasteiger partial charge in [0.05, 0.1) is 7.11 Å². The van der Waals surface area contributed by atoms with Gasteiger partial charge in [-0.1, -0.05) is 12.1 Å². The molecule has 15 heavy (non-hydrogen) atoms. The van der Waals surface area contributed by atoms with E-state index < -0.39 is 0 Å². The Morgan fingerprint density at radius 3 is 3.00 bits per heavy atom. The summed E-state index contributed by atoms with van der Waals surface area (Å²) in [7, 11) is 1.66. The van der Waals surface area contributed by atoms with E-state index in [1.807, 2.05) is 18.2 Å². The molecule has 0 bridgehead atoms. The van der Waals surface area contributed by atoms with Crippen molar-refractivity contribution in [3.8, 4) is 5.75 Å². The van der Waals surface area contributed by atoms with Crippen LogP contribution in [0, 0.1) is 0 Å². The molecule has 1 aromatic rings. The third-order valence-electron chi connectivity index (χ3n) is 2.70. The van der Waals surface area contributed by atoms with Crippen LogP contribution in [0.5, 0.6) is 5.75 Å². The van der Waals surface area contributed by atoms with Crippen LogP contribution < -0.4 is 10.1 Å². The summed E-state index contributed by atoms with van der Waals surface area (Å²) < 4.78 is 5.16. The first kappa shape index (κ1) is 10.0. The van der Waals surface area contributed by atoms with E-state index in [1.54, 1.807) is 14.0 Å². The topological polar surface area (TPSA) is 38.3 Å². The van der Waals surface area contributed by atoms with Crippen LogP contribution in [0.3, 0.4) is 0 Å². The van der Waals surface area contributed by atoms with Crippen molar-refractivity contribution in [3.05, 3.63) is 29.8 Å². The van der Waals surface area contributed by atoms with E-state index in [4.69, 9.17) is 4.74 Å². The molecule has 3 heteroatoms. The lowest BCUT2D eigenvalue weighted by molar-refractivity contribution is -0.119. The Morgan fingerprint density at radius 1 is 1.53 bits per heavy atom. The molecular formula is C12H15NO2. The average Bonchev–Trinajstić information content (AvgIpc) is 2.96. The number of ether oxygens (including phenoxy) is 1. The Hall–Kier alpha value is -1.51. The second kappa shape index (κ2) is 3.93. The molecule has 0 aliphatic heterocycles. The van der Waals surface area contributed by atoms with Crippen molar-refractivity contribution in [3.63, 3.8) is 0 Å². The Balaban J connectivity index is 2.03. The normalized spacial score (nSPS) is 23.3. The Labute approximate surface area is 89.4 Å². The van der Waals surface area contributed by atoms with Gasteiger partial charge in [-0.2, -0.15) is 0 Å². The molecule has 1 amide bonds. The van der Waals surface area contributed by atoms with Gasteiger partial charge in [0.15, 0.2) is 0 Å². The number of methoxy groups -OCH3 is 1. The molecule has 0 saturated heterocycles. The van der Waals surface area contributed by atoms with E-state index in [9.17, 15) is 4.79 Å². The van der Waals surface area contributed by atoms with Gasteiger partial charge in [-0.25, -0.2) is 0 Å². The summed E-state index contributed by atoms with van der Waals surface area (Å²) in [5.74, 6) is 1.38. The number of rotatable bonds is 3. The zero-order chi connectivity index (χ0) is 10.8. The van der Waals surface area contributed by atoms with Gasteiger partial charge in [-0.3, -0.25) is 4.79 Å². The van der Waals surface area contributed by atoms with E-state index >= 15 is 0 Å². The fraction of sp³-hybridized carbons (Fsp3) is 0.417. The summed E-state index contributed by atoms with van der Waals surface area (Å²) in [5.41, 5.74) is 1.24. The van der Waals surface area contributed by atoms with Gasteiger partial charge in [0.2, 0.25) is 5.91 Å². The summed E-state index contributed by atoms with van der Waals surface area (Å²) in [6.45, 7) is 1.56. The third kappa shape index (κ3) is 2.29. The molecule has 80 valence electrons. The Bertz CT molecular complexity index is 376. The first-order chi connectivity index (χ1) is 7.20. The van der Waals surface area contributed by atoms with E-state index in [0.29, 0.717) is 12.0 Å². The zero-order valence-corrected chi connectivity index (χ0v) is 8.99. The first-order valence-electron chi connectivity index (χ1n) is 5.12. The predicted octanol–water partition coefficient (Wildman–Crippen LogP) is 1.69. The minimum absolute atomic E-state index is 0.0467. The number of hydrogen-bond donors (Lipinski definition) is 1. The molecule has 0 unspecified atom stereocenters. The number of amides is 1. The van der Waals surface area contributed by atoms with Crippen LogP contribution in [0.4, 0.5) is 0 Å². The van der Waals surface area contributed by atoms with E-state index in [0.717, 1.165) is 12.2 Å². The molecule has 1 aliphatic carbocycles. The fourth-order valence-corrected chi connectivity index (χ4v) is 1.86. The molecule has 2 rings (SSSR count). The highest BCUT2D eigenvalue weighted by Crippen LogP contribution is 2.41. The lowest BCUT2D eigenvalue weighted by Crippen LogP contribution is -2.23. The maximum absolute atomic E-state index is 10.9. The molecule has 1 N–H and O–H groups in total. The van der Waals surface area contributed by atoms with Gasteiger partial charge in [0, 0.05) is 18.9 Å². The second-order valence-corrected chi connectivity index (χ2v) is 3.93. The minimum Gasteiger partial charge on any atom is -0.497 e. The molecule has 0 radical (unpaired) electrons. The highest BCUT2D eigenvalue weighted by atomic mass is 16.5. The first-order valence-corrected chi connectivity index (χ1v) is 5.12. The maximum Gasteiger partial charge on any atom is 0.217 e.